The standard InChI is InChI=1S/C11H16BrNO2S/c1-11(14,10-9(12)2-5-16-10)6-8-7-15-4-3-13-8/h2,5,8,13-14H,3-4,6-7H2,1H3. The Morgan fingerprint density at radius 2 is 2.56 bits per heavy atom. The van der Waals surface area contributed by atoms with E-state index in [4.69, 9.17) is 4.74 Å². The Morgan fingerprint density at radius 3 is 3.12 bits per heavy atom. The number of thiophene rings is 1. The van der Waals surface area contributed by atoms with Gasteiger partial charge in [-0.15, -0.1) is 11.3 Å². The third-order valence-corrected chi connectivity index (χ3v) is 4.84. The van der Waals surface area contributed by atoms with Crippen molar-refractivity contribution in [2.75, 3.05) is 19.8 Å². The highest BCUT2D eigenvalue weighted by Crippen LogP contribution is 2.36. The fourth-order valence-electron chi connectivity index (χ4n) is 2.00. The average Bonchev–Trinajstić information content (AvgIpc) is 2.66. The smallest absolute Gasteiger partial charge is 0.0986 e. The second-order valence-electron chi connectivity index (χ2n) is 4.30. The summed E-state index contributed by atoms with van der Waals surface area (Å²) in [4.78, 5) is 0.986. The summed E-state index contributed by atoms with van der Waals surface area (Å²) >= 11 is 5.05. The molecule has 1 aliphatic heterocycles. The quantitative estimate of drug-likeness (QED) is 0.898. The Hall–Kier alpha value is 0.0600. The number of rotatable bonds is 3. The molecule has 0 spiro atoms. The first-order valence-electron chi connectivity index (χ1n) is 5.36. The first-order valence-corrected chi connectivity index (χ1v) is 7.04. The van der Waals surface area contributed by atoms with Gasteiger partial charge in [-0.05, 0) is 40.7 Å². The minimum atomic E-state index is -0.800. The van der Waals surface area contributed by atoms with Gasteiger partial charge in [0.2, 0.25) is 0 Å². The van der Waals surface area contributed by atoms with Crippen molar-refractivity contribution >= 4 is 27.3 Å². The molecular weight excluding hydrogens is 290 g/mol. The lowest BCUT2D eigenvalue weighted by Crippen LogP contribution is -2.45. The maximum absolute atomic E-state index is 10.5. The van der Waals surface area contributed by atoms with E-state index in [0.717, 1.165) is 22.5 Å². The molecule has 0 saturated carbocycles. The molecule has 2 rings (SSSR count). The summed E-state index contributed by atoms with van der Waals surface area (Å²) in [6, 6.07) is 2.21. The summed E-state index contributed by atoms with van der Waals surface area (Å²) < 4.78 is 6.38. The zero-order chi connectivity index (χ0) is 11.6. The number of nitrogens with one attached hydrogen (secondary N) is 1. The van der Waals surface area contributed by atoms with Gasteiger partial charge in [-0.1, -0.05) is 0 Å². The van der Waals surface area contributed by atoms with Gasteiger partial charge in [0.1, 0.15) is 0 Å². The van der Waals surface area contributed by atoms with E-state index in [0.29, 0.717) is 13.0 Å². The maximum Gasteiger partial charge on any atom is 0.0986 e. The van der Waals surface area contributed by atoms with Crippen LogP contribution >= 0.6 is 27.3 Å². The molecule has 16 heavy (non-hydrogen) atoms. The van der Waals surface area contributed by atoms with Crippen molar-refractivity contribution in [2.45, 2.75) is 25.0 Å². The van der Waals surface area contributed by atoms with Crippen LogP contribution in [0.25, 0.3) is 0 Å². The van der Waals surface area contributed by atoms with E-state index in [-0.39, 0.29) is 6.04 Å². The molecule has 0 aromatic carbocycles. The van der Waals surface area contributed by atoms with Crippen LogP contribution in [0.4, 0.5) is 0 Å². The number of hydrogen-bond acceptors (Lipinski definition) is 4. The van der Waals surface area contributed by atoms with Crippen molar-refractivity contribution in [3.63, 3.8) is 0 Å². The Kier molecular flexibility index (Phi) is 4.02. The molecular formula is C11H16BrNO2S. The van der Waals surface area contributed by atoms with E-state index in [1.165, 1.54) is 0 Å². The SMILES string of the molecule is CC(O)(CC1COCCN1)c1sccc1Br. The van der Waals surface area contributed by atoms with Gasteiger partial charge in [0.25, 0.3) is 0 Å². The van der Waals surface area contributed by atoms with Gasteiger partial charge in [0.15, 0.2) is 0 Å². The lowest BCUT2D eigenvalue weighted by molar-refractivity contribution is 0.00511. The molecule has 1 aromatic rings. The molecule has 0 aliphatic carbocycles. The predicted molar refractivity (Wildman–Crippen MR) is 68.8 cm³/mol. The monoisotopic (exact) mass is 305 g/mol. The van der Waals surface area contributed by atoms with Crippen molar-refractivity contribution in [3.05, 3.63) is 20.8 Å². The molecule has 0 bridgehead atoms. The minimum absolute atomic E-state index is 0.234. The van der Waals surface area contributed by atoms with Crippen molar-refractivity contribution < 1.29 is 9.84 Å². The molecule has 1 aromatic heterocycles. The number of aliphatic hydroxyl groups is 1. The Labute approximate surface area is 108 Å². The zero-order valence-electron chi connectivity index (χ0n) is 9.20. The molecule has 0 amide bonds. The van der Waals surface area contributed by atoms with Gasteiger partial charge in [0.05, 0.1) is 23.7 Å². The number of ether oxygens (including phenoxy) is 1. The normalized spacial score (nSPS) is 25.3. The second kappa shape index (κ2) is 5.14. The summed E-state index contributed by atoms with van der Waals surface area (Å²) in [6.45, 7) is 4.17. The van der Waals surface area contributed by atoms with Crippen LogP contribution < -0.4 is 5.32 Å². The van der Waals surface area contributed by atoms with Gasteiger partial charge in [-0.3, -0.25) is 0 Å². The van der Waals surface area contributed by atoms with Crippen LogP contribution in [0.5, 0.6) is 0 Å². The molecule has 1 fully saturated rings. The van der Waals surface area contributed by atoms with Crippen molar-refractivity contribution in [1.29, 1.82) is 0 Å². The fourth-order valence-corrected chi connectivity index (χ4v) is 3.87. The second-order valence-corrected chi connectivity index (χ2v) is 6.07. The summed E-state index contributed by atoms with van der Waals surface area (Å²) in [5.41, 5.74) is -0.800. The van der Waals surface area contributed by atoms with Gasteiger partial charge in [-0.25, -0.2) is 0 Å². The molecule has 1 aliphatic rings. The largest absolute Gasteiger partial charge is 0.385 e. The first kappa shape index (κ1) is 12.5. The Bertz CT molecular complexity index is 348. The van der Waals surface area contributed by atoms with Gasteiger partial charge in [-0.2, -0.15) is 0 Å². The highest BCUT2D eigenvalue weighted by atomic mass is 79.9. The topological polar surface area (TPSA) is 41.5 Å². The van der Waals surface area contributed by atoms with Crippen LogP contribution in [0.2, 0.25) is 0 Å². The highest BCUT2D eigenvalue weighted by Gasteiger charge is 2.31. The van der Waals surface area contributed by atoms with Crippen LogP contribution in [0, 0.1) is 0 Å². The Morgan fingerprint density at radius 1 is 1.75 bits per heavy atom. The highest BCUT2D eigenvalue weighted by molar-refractivity contribution is 9.10. The molecule has 2 heterocycles. The molecule has 3 nitrogen and oxygen atoms in total. The van der Waals surface area contributed by atoms with Crippen LogP contribution in [0.3, 0.4) is 0 Å². The predicted octanol–water partition coefficient (Wildman–Crippen LogP) is 2.10. The van der Waals surface area contributed by atoms with E-state index in [1.807, 2.05) is 18.4 Å². The van der Waals surface area contributed by atoms with Crippen molar-refractivity contribution in [1.82, 2.24) is 5.32 Å². The van der Waals surface area contributed by atoms with Crippen LogP contribution in [0.1, 0.15) is 18.2 Å². The number of morpholine rings is 1. The van der Waals surface area contributed by atoms with E-state index < -0.39 is 5.60 Å². The molecule has 2 atom stereocenters. The third kappa shape index (κ3) is 2.84. The number of halogens is 1. The van der Waals surface area contributed by atoms with Crippen molar-refractivity contribution in [3.8, 4) is 0 Å². The molecule has 90 valence electrons. The van der Waals surface area contributed by atoms with E-state index in [1.54, 1.807) is 11.3 Å². The summed E-state index contributed by atoms with van der Waals surface area (Å²) in [7, 11) is 0. The lowest BCUT2D eigenvalue weighted by atomic mass is 9.95. The van der Waals surface area contributed by atoms with E-state index >= 15 is 0 Å². The lowest BCUT2D eigenvalue weighted by Gasteiger charge is -2.31. The summed E-state index contributed by atoms with van der Waals surface area (Å²) in [6.07, 6.45) is 0.673. The molecule has 1 saturated heterocycles. The van der Waals surface area contributed by atoms with Gasteiger partial charge >= 0.3 is 0 Å². The molecule has 2 N–H and O–H groups in total. The Balaban J connectivity index is 2.04. The first-order chi connectivity index (χ1) is 7.59. The van der Waals surface area contributed by atoms with Crippen LogP contribution in [0.15, 0.2) is 15.9 Å². The van der Waals surface area contributed by atoms with Crippen LogP contribution in [-0.4, -0.2) is 30.9 Å². The average molecular weight is 306 g/mol. The summed E-state index contributed by atoms with van der Waals surface area (Å²) in [5, 5.41) is 15.8. The van der Waals surface area contributed by atoms with Crippen LogP contribution in [-0.2, 0) is 10.3 Å². The third-order valence-electron chi connectivity index (χ3n) is 2.75. The molecule has 0 radical (unpaired) electrons. The molecule has 2 unspecified atom stereocenters. The van der Waals surface area contributed by atoms with Gasteiger partial charge in [0, 0.05) is 17.1 Å². The van der Waals surface area contributed by atoms with Gasteiger partial charge < -0.3 is 15.2 Å². The van der Waals surface area contributed by atoms with E-state index in [9.17, 15) is 5.11 Å². The number of hydrogen-bond donors (Lipinski definition) is 2. The van der Waals surface area contributed by atoms with E-state index in [2.05, 4.69) is 21.2 Å². The molecule has 5 heteroatoms. The fraction of sp³-hybridized carbons (Fsp3) is 0.636. The minimum Gasteiger partial charge on any atom is -0.385 e. The van der Waals surface area contributed by atoms with Crippen molar-refractivity contribution in [2.24, 2.45) is 0 Å². The summed E-state index contributed by atoms with van der Waals surface area (Å²) in [5.74, 6) is 0. The maximum atomic E-state index is 10.5. The zero-order valence-corrected chi connectivity index (χ0v) is 11.6.